The molecule has 14 heavy (non-hydrogen) atoms. The Morgan fingerprint density at radius 1 is 1.71 bits per heavy atom. The van der Waals surface area contributed by atoms with E-state index in [1.165, 1.54) is 0 Å². The number of rotatable bonds is 5. The number of hydrogen-bond donors (Lipinski definition) is 1. The predicted molar refractivity (Wildman–Crippen MR) is 58.4 cm³/mol. The van der Waals surface area contributed by atoms with Gasteiger partial charge in [0.15, 0.2) is 0 Å². The molecule has 1 rings (SSSR count). The molecule has 1 aromatic rings. The molecule has 0 amide bonds. The number of nitrogens with one attached hydrogen (secondary N) is 1. The number of hydrogen-bond acceptors (Lipinski definition) is 3. The monoisotopic (exact) mass is 215 g/mol. The van der Waals surface area contributed by atoms with Gasteiger partial charge in [0, 0.05) is 48.6 Å². The van der Waals surface area contributed by atoms with Crippen LogP contribution in [-0.4, -0.2) is 31.8 Å². The van der Waals surface area contributed by atoms with Crippen molar-refractivity contribution in [2.45, 2.75) is 18.7 Å². The van der Waals surface area contributed by atoms with Crippen LogP contribution in [-0.2, 0) is 24.4 Å². The molecule has 0 aliphatic heterocycles. The van der Waals surface area contributed by atoms with Crippen LogP contribution in [0.5, 0.6) is 0 Å². The van der Waals surface area contributed by atoms with Crippen LogP contribution < -0.4 is 5.32 Å². The SMILES string of the molecule is CC(CNCc1cncn1C)S(C)=O. The summed E-state index contributed by atoms with van der Waals surface area (Å²) in [6.07, 6.45) is 5.34. The number of aromatic nitrogens is 2. The van der Waals surface area contributed by atoms with Crippen molar-refractivity contribution in [1.29, 1.82) is 0 Å². The molecule has 2 unspecified atom stereocenters. The highest BCUT2D eigenvalue weighted by Crippen LogP contribution is 1.96. The fraction of sp³-hybridized carbons (Fsp3) is 0.667. The first kappa shape index (κ1) is 11.4. The number of nitrogens with zero attached hydrogens (tertiary/aromatic N) is 2. The summed E-state index contributed by atoms with van der Waals surface area (Å²) in [6.45, 7) is 3.53. The van der Waals surface area contributed by atoms with Crippen molar-refractivity contribution in [3.8, 4) is 0 Å². The van der Waals surface area contributed by atoms with Gasteiger partial charge in [0.25, 0.3) is 0 Å². The number of aryl methyl sites for hydroxylation is 1. The first-order valence-electron chi connectivity index (χ1n) is 4.59. The van der Waals surface area contributed by atoms with Crippen molar-refractivity contribution in [1.82, 2.24) is 14.9 Å². The fourth-order valence-corrected chi connectivity index (χ4v) is 1.43. The zero-order valence-electron chi connectivity index (χ0n) is 8.86. The van der Waals surface area contributed by atoms with E-state index in [0.29, 0.717) is 0 Å². The molecule has 80 valence electrons. The summed E-state index contributed by atoms with van der Waals surface area (Å²) in [7, 11) is 1.21. The van der Waals surface area contributed by atoms with Gasteiger partial charge in [0.2, 0.25) is 0 Å². The maximum Gasteiger partial charge on any atom is 0.0945 e. The average Bonchev–Trinajstić information content (AvgIpc) is 2.51. The molecule has 0 saturated carbocycles. The Kier molecular flexibility index (Phi) is 4.28. The van der Waals surface area contributed by atoms with Crippen LogP contribution in [0.25, 0.3) is 0 Å². The van der Waals surface area contributed by atoms with E-state index in [1.54, 1.807) is 12.6 Å². The minimum Gasteiger partial charge on any atom is -0.337 e. The lowest BCUT2D eigenvalue weighted by Crippen LogP contribution is -2.27. The van der Waals surface area contributed by atoms with E-state index in [4.69, 9.17) is 0 Å². The zero-order valence-corrected chi connectivity index (χ0v) is 9.67. The minimum absolute atomic E-state index is 0.197. The molecule has 0 aromatic carbocycles. The first-order chi connectivity index (χ1) is 6.61. The van der Waals surface area contributed by atoms with E-state index in [9.17, 15) is 4.21 Å². The second-order valence-corrected chi connectivity index (χ2v) is 5.24. The number of imidazole rings is 1. The minimum atomic E-state index is -0.749. The topological polar surface area (TPSA) is 46.9 Å². The van der Waals surface area contributed by atoms with Gasteiger partial charge in [0.05, 0.1) is 12.0 Å². The summed E-state index contributed by atoms with van der Waals surface area (Å²) in [5.74, 6) is 0. The molecule has 2 atom stereocenters. The molecule has 0 fully saturated rings. The van der Waals surface area contributed by atoms with Gasteiger partial charge in [-0.3, -0.25) is 4.21 Å². The van der Waals surface area contributed by atoms with E-state index in [1.807, 2.05) is 24.7 Å². The standard InChI is InChI=1S/C9H17N3OS/c1-8(14(3)13)4-10-5-9-6-11-7-12(9)2/h6-8,10H,4-5H2,1-3H3. The third-order valence-corrected chi connectivity index (χ3v) is 3.52. The van der Waals surface area contributed by atoms with Crippen LogP contribution in [0.4, 0.5) is 0 Å². The highest BCUT2D eigenvalue weighted by Gasteiger charge is 2.05. The van der Waals surface area contributed by atoms with Crippen molar-refractivity contribution in [3.05, 3.63) is 18.2 Å². The van der Waals surface area contributed by atoms with Crippen molar-refractivity contribution < 1.29 is 4.21 Å². The van der Waals surface area contributed by atoms with Gasteiger partial charge in [-0.1, -0.05) is 0 Å². The lowest BCUT2D eigenvalue weighted by molar-refractivity contribution is 0.631. The Bertz CT molecular complexity index is 311. The molecule has 0 spiro atoms. The summed E-state index contributed by atoms with van der Waals surface area (Å²) < 4.78 is 13.0. The molecule has 1 heterocycles. The summed E-state index contributed by atoms with van der Waals surface area (Å²) in [5.41, 5.74) is 1.14. The quantitative estimate of drug-likeness (QED) is 0.767. The average molecular weight is 215 g/mol. The van der Waals surface area contributed by atoms with Crippen LogP contribution in [0.1, 0.15) is 12.6 Å². The predicted octanol–water partition coefficient (Wildman–Crippen LogP) is 0.277. The Hall–Kier alpha value is -0.680. The maximum absolute atomic E-state index is 11.1. The first-order valence-corrected chi connectivity index (χ1v) is 6.21. The van der Waals surface area contributed by atoms with Gasteiger partial charge in [0.1, 0.15) is 0 Å². The van der Waals surface area contributed by atoms with E-state index in [2.05, 4.69) is 10.3 Å². The summed E-state index contributed by atoms with van der Waals surface area (Å²) in [6, 6.07) is 0. The van der Waals surface area contributed by atoms with Gasteiger partial charge in [-0.25, -0.2) is 4.98 Å². The van der Waals surface area contributed by atoms with E-state index in [0.717, 1.165) is 18.8 Å². The van der Waals surface area contributed by atoms with Gasteiger partial charge >= 0.3 is 0 Å². The lowest BCUT2D eigenvalue weighted by Gasteiger charge is -2.09. The highest BCUT2D eigenvalue weighted by molar-refractivity contribution is 7.84. The molecule has 0 radical (unpaired) electrons. The van der Waals surface area contributed by atoms with Crippen LogP contribution in [0, 0.1) is 0 Å². The van der Waals surface area contributed by atoms with Crippen molar-refractivity contribution in [2.75, 3.05) is 12.8 Å². The summed E-state index contributed by atoms with van der Waals surface area (Å²) in [5, 5.41) is 3.45. The second kappa shape index (κ2) is 5.26. The Labute approximate surface area is 87.2 Å². The van der Waals surface area contributed by atoms with Crippen molar-refractivity contribution in [3.63, 3.8) is 0 Å². The van der Waals surface area contributed by atoms with E-state index >= 15 is 0 Å². The van der Waals surface area contributed by atoms with Crippen molar-refractivity contribution >= 4 is 10.8 Å². The van der Waals surface area contributed by atoms with Gasteiger partial charge < -0.3 is 9.88 Å². The normalized spacial score (nSPS) is 15.4. The van der Waals surface area contributed by atoms with Gasteiger partial charge in [-0.2, -0.15) is 0 Å². The molecule has 4 nitrogen and oxygen atoms in total. The Morgan fingerprint density at radius 2 is 2.43 bits per heavy atom. The molecular formula is C9H17N3OS. The van der Waals surface area contributed by atoms with E-state index < -0.39 is 10.8 Å². The van der Waals surface area contributed by atoms with Crippen LogP contribution in [0.3, 0.4) is 0 Å². The van der Waals surface area contributed by atoms with E-state index in [-0.39, 0.29) is 5.25 Å². The third-order valence-electron chi connectivity index (χ3n) is 2.22. The zero-order chi connectivity index (χ0) is 10.6. The smallest absolute Gasteiger partial charge is 0.0945 e. The lowest BCUT2D eigenvalue weighted by atomic mass is 10.4. The summed E-state index contributed by atoms with van der Waals surface area (Å²) in [4.78, 5) is 4.02. The van der Waals surface area contributed by atoms with Crippen LogP contribution in [0.15, 0.2) is 12.5 Å². The molecule has 0 saturated heterocycles. The van der Waals surface area contributed by atoms with Gasteiger partial charge in [-0.05, 0) is 6.92 Å². The second-order valence-electron chi connectivity index (χ2n) is 3.44. The highest BCUT2D eigenvalue weighted by atomic mass is 32.2. The van der Waals surface area contributed by atoms with Crippen molar-refractivity contribution in [2.24, 2.45) is 7.05 Å². The molecule has 0 aliphatic rings. The van der Waals surface area contributed by atoms with Crippen LogP contribution >= 0.6 is 0 Å². The van der Waals surface area contributed by atoms with Crippen LogP contribution in [0.2, 0.25) is 0 Å². The maximum atomic E-state index is 11.1. The van der Waals surface area contributed by atoms with Gasteiger partial charge in [-0.15, -0.1) is 0 Å². The molecule has 0 aliphatic carbocycles. The third kappa shape index (κ3) is 3.23. The Morgan fingerprint density at radius 3 is 2.93 bits per heavy atom. The fourth-order valence-electron chi connectivity index (χ4n) is 1.08. The molecule has 1 N–H and O–H groups in total. The molecule has 0 bridgehead atoms. The molecule has 5 heteroatoms. The molecule has 1 aromatic heterocycles. The summed E-state index contributed by atoms with van der Waals surface area (Å²) >= 11 is 0. The molecular weight excluding hydrogens is 198 g/mol. The Balaban J connectivity index is 2.29. The largest absolute Gasteiger partial charge is 0.337 e.